The average molecular weight is 311 g/mol. The summed E-state index contributed by atoms with van der Waals surface area (Å²) < 4.78 is 24.4. The lowest BCUT2D eigenvalue weighted by Gasteiger charge is -2.28. The quantitative estimate of drug-likeness (QED) is 0.756. The predicted octanol–water partition coefficient (Wildman–Crippen LogP) is 2.05. The summed E-state index contributed by atoms with van der Waals surface area (Å²) >= 11 is 0. The second-order valence-electron chi connectivity index (χ2n) is 6.06. The molecule has 5 heteroatoms. The maximum atomic E-state index is 12.2. The minimum atomic E-state index is -3.20. The zero-order valence-corrected chi connectivity index (χ0v) is 13.5. The third kappa shape index (κ3) is 4.28. The molecule has 1 aliphatic rings. The average Bonchev–Trinajstić information content (AvgIpc) is 2.94. The highest BCUT2D eigenvalue weighted by Gasteiger charge is 2.32. The van der Waals surface area contributed by atoms with Crippen molar-refractivity contribution in [3.8, 4) is 0 Å². The predicted molar refractivity (Wildman–Crippen MR) is 84.1 cm³/mol. The van der Waals surface area contributed by atoms with Gasteiger partial charge in [0.2, 0.25) is 0 Å². The first-order chi connectivity index (χ1) is 9.97. The Morgan fingerprint density at radius 2 is 1.81 bits per heavy atom. The molecule has 0 bridgehead atoms. The van der Waals surface area contributed by atoms with E-state index in [9.17, 15) is 13.5 Å². The first-order valence-electron chi connectivity index (χ1n) is 7.63. The molecule has 0 spiro atoms. The van der Waals surface area contributed by atoms with Crippen LogP contribution in [0.3, 0.4) is 0 Å². The van der Waals surface area contributed by atoms with Crippen LogP contribution in [-0.2, 0) is 9.84 Å². The third-order valence-corrected chi connectivity index (χ3v) is 6.15. The molecule has 0 saturated heterocycles. The van der Waals surface area contributed by atoms with Gasteiger partial charge in [0.05, 0.1) is 17.3 Å². The molecule has 2 N–H and O–H groups in total. The molecule has 118 valence electrons. The summed E-state index contributed by atoms with van der Waals surface area (Å²) in [4.78, 5) is 0.394. The largest absolute Gasteiger partial charge is 0.394 e. The van der Waals surface area contributed by atoms with Crippen molar-refractivity contribution in [3.05, 3.63) is 29.8 Å². The lowest BCUT2D eigenvalue weighted by atomic mass is 9.99. The van der Waals surface area contributed by atoms with Crippen LogP contribution in [0.25, 0.3) is 0 Å². The molecule has 2 rings (SSSR count). The van der Waals surface area contributed by atoms with Gasteiger partial charge in [0.25, 0.3) is 0 Å². The Morgan fingerprint density at radius 3 is 2.38 bits per heavy atom. The summed E-state index contributed by atoms with van der Waals surface area (Å²) in [6.45, 7) is 2.71. The lowest BCUT2D eigenvalue weighted by Crippen LogP contribution is -2.46. The maximum Gasteiger partial charge on any atom is 0.178 e. The monoisotopic (exact) mass is 311 g/mol. The number of nitrogens with one attached hydrogen (secondary N) is 1. The van der Waals surface area contributed by atoms with Crippen molar-refractivity contribution in [1.82, 2.24) is 5.32 Å². The Morgan fingerprint density at radius 1 is 1.19 bits per heavy atom. The van der Waals surface area contributed by atoms with Gasteiger partial charge in [-0.2, -0.15) is 0 Å². The van der Waals surface area contributed by atoms with Gasteiger partial charge in [-0.3, -0.25) is 0 Å². The minimum absolute atomic E-state index is 0.137. The normalized spacial score (nSPS) is 18.0. The second-order valence-corrected chi connectivity index (χ2v) is 8.17. The zero-order valence-electron chi connectivity index (χ0n) is 12.6. The van der Waals surface area contributed by atoms with Crippen LogP contribution in [0.2, 0.25) is 0 Å². The number of rotatable bonds is 7. The SMILES string of the molecule is Cc1ccc(S(=O)(=O)CCCNC2(CO)CCCC2)cc1. The Hall–Kier alpha value is -0.910. The molecule has 21 heavy (non-hydrogen) atoms. The van der Waals surface area contributed by atoms with Crippen molar-refractivity contribution in [2.45, 2.75) is 49.5 Å². The van der Waals surface area contributed by atoms with Crippen LogP contribution in [0, 0.1) is 6.92 Å². The summed E-state index contributed by atoms with van der Waals surface area (Å²) in [5.41, 5.74) is 0.884. The van der Waals surface area contributed by atoms with E-state index in [1.165, 1.54) is 0 Å². The molecule has 1 aromatic carbocycles. The van der Waals surface area contributed by atoms with Gasteiger partial charge in [-0.15, -0.1) is 0 Å². The molecular formula is C16H25NO3S. The highest BCUT2D eigenvalue weighted by molar-refractivity contribution is 7.91. The molecule has 0 heterocycles. The van der Waals surface area contributed by atoms with Gasteiger partial charge in [-0.25, -0.2) is 8.42 Å². The van der Waals surface area contributed by atoms with Gasteiger partial charge in [-0.05, 0) is 44.9 Å². The molecule has 0 amide bonds. The van der Waals surface area contributed by atoms with E-state index >= 15 is 0 Å². The van der Waals surface area contributed by atoms with E-state index < -0.39 is 9.84 Å². The van der Waals surface area contributed by atoms with Crippen molar-refractivity contribution >= 4 is 9.84 Å². The van der Waals surface area contributed by atoms with Crippen molar-refractivity contribution in [3.63, 3.8) is 0 Å². The van der Waals surface area contributed by atoms with Crippen molar-refractivity contribution in [1.29, 1.82) is 0 Å². The van der Waals surface area contributed by atoms with E-state index in [0.717, 1.165) is 31.2 Å². The van der Waals surface area contributed by atoms with Gasteiger partial charge < -0.3 is 10.4 Å². The van der Waals surface area contributed by atoms with Crippen LogP contribution >= 0.6 is 0 Å². The highest BCUT2D eigenvalue weighted by atomic mass is 32.2. The topological polar surface area (TPSA) is 66.4 Å². The Labute approximate surface area is 127 Å². The minimum Gasteiger partial charge on any atom is -0.394 e. The molecule has 0 aromatic heterocycles. The molecule has 0 radical (unpaired) electrons. The fourth-order valence-corrected chi connectivity index (χ4v) is 4.23. The van der Waals surface area contributed by atoms with Gasteiger partial charge in [-0.1, -0.05) is 30.5 Å². The van der Waals surface area contributed by atoms with E-state index in [1.807, 2.05) is 19.1 Å². The number of sulfone groups is 1. The van der Waals surface area contributed by atoms with E-state index in [2.05, 4.69) is 5.32 Å². The summed E-state index contributed by atoms with van der Waals surface area (Å²) in [5.74, 6) is 0.143. The lowest BCUT2D eigenvalue weighted by molar-refractivity contribution is 0.165. The summed E-state index contributed by atoms with van der Waals surface area (Å²) in [5, 5.41) is 12.9. The highest BCUT2D eigenvalue weighted by Crippen LogP contribution is 2.29. The number of hydrogen-bond acceptors (Lipinski definition) is 4. The molecule has 4 nitrogen and oxygen atoms in total. The zero-order chi connectivity index (χ0) is 15.3. The summed E-state index contributed by atoms with van der Waals surface area (Å²) in [6, 6.07) is 6.99. The number of aliphatic hydroxyl groups is 1. The van der Waals surface area contributed by atoms with E-state index in [0.29, 0.717) is 17.9 Å². The molecule has 1 fully saturated rings. The maximum absolute atomic E-state index is 12.2. The van der Waals surface area contributed by atoms with Crippen LogP contribution in [-0.4, -0.2) is 38.0 Å². The Kier molecular flexibility index (Phi) is 5.41. The van der Waals surface area contributed by atoms with Crippen LogP contribution in [0.15, 0.2) is 29.2 Å². The molecular weight excluding hydrogens is 286 g/mol. The first-order valence-corrected chi connectivity index (χ1v) is 9.28. The fourth-order valence-electron chi connectivity index (χ4n) is 2.92. The standard InChI is InChI=1S/C16H25NO3S/c1-14-5-7-15(8-6-14)21(19,20)12-4-11-17-16(13-18)9-2-3-10-16/h5-8,17-18H,2-4,9-13H2,1H3. The van der Waals surface area contributed by atoms with Crippen LogP contribution in [0.4, 0.5) is 0 Å². The van der Waals surface area contributed by atoms with Crippen molar-refractivity contribution < 1.29 is 13.5 Å². The van der Waals surface area contributed by atoms with Crippen LogP contribution in [0.5, 0.6) is 0 Å². The number of aryl methyl sites for hydroxylation is 1. The first kappa shape index (κ1) is 16.5. The molecule has 1 aliphatic carbocycles. The van der Waals surface area contributed by atoms with E-state index in [1.54, 1.807) is 12.1 Å². The van der Waals surface area contributed by atoms with E-state index in [-0.39, 0.29) is 17.9 Å². The Bertz CT molecular complexity index is 545. The van der Waals surface area contributed by atoms with Crippen LogP contribution in [0.1, 0.15) is 37.7 Å². The molecule has 0 unspecified atom stereocenters. The number of benzene rings is 1. The van der Waals surface area contributed by atoms with E-state index in [4.69, 9.17) is 0 Å². The van der Waals surface area contributed by atoms with Crippen LogP contribution < -0.4 is 5.32 Å². The van der Waals surface area contributed by atoms with Crippen molar-refractivity contribution in [2.75, 3.05) is 18.9 Å². The molecule has 0 atom stereocenters. The van der Waals surface area contributed by atoms with Gasteiger partial charge in [0.15, 0.2) is 9.84 Å². The molecule has 0 aliphatic heterocycles. The smallest absolute Gasteiger partial charge is 0.178 e. The third-order valence-electron chi connectivity index (χ3n) is 4.33. The van der Waals surface area contributed by atoms with Gasteiger partial charge in [0.1, 0.15) is 0 Å². The Balaban J connectivity index is 1.83. The molecule has 1 aromatic rings. The fraction of sp³-hybridized carbons (Fsp3) is 0.625. The second kappa shape index (κ2) is 6.90. The summed E-state index contributed by atoms with van der Waals surface area (Å²) in [7, 11) is -3.20. The van der Waals surface area contributed by atoms with Crippen molar-refractivity contribution in [2.24, 2.45) is 0 Å². The summed E-state index contributed by atoms with van der Waals surface area (Å²) in [6.07, 6.45) is 4.80. The number of aliphatic hydroxyl groups excluding tert-OH is 1. The molecule has 1 saturated carbocycles. The van der Waals surface area contributed by atoms with Gasteiger partial charge in [0, 0.05) is 5.54 Å². The van der Waals surface area contributed by atoms with Gasteiger partial charge >= 0.3 is 0 Å². The number of hydrogen-bond donors (Lipinski definition) is 2.